The van der Waals surface area contributed by atoms with Crippen molar-refractivity contribution in [1.29, 1.82) is 5.26 Å². The quantitative estimate of drug-likeness (QED) is 0.929. The van der Waals surface area contributed by atoms with Crippen molar-refractivity contribution < 1.29 is 4.74 Å². The van der Waals surface area contributed by atoms with Gasteiger partial charge in [-0.15, -0.1) is 0 Å². The molecule has 0 atom stereocenters. The van der Waals surface area contributed by atoms with Crippen LogP contribution in [0, 0.1) is 11.3 Å². The molecule has 0 radical (unpaired) electrons. The predicted molar refractivity (Wildman–Crippen MR) is 72.6 cm³/mol. The van der Waals surface area contributed by atoms with E-state index in [1.54, 1.807) is 24.4 Å². The molecule has 1 aromatic carbocycles. The summed E-state index contributed by atoms with van der Waals surface area (Å²) in [4.78, 5) is 3.90. The molecule has 0 fully saturated rings. The highest BCUT2D eigenvalue weighted by molar-refractivity contribution is 6.31. The van der Waals surface area contributed by atoms with E-state index in [1.165, 1.54) is 0 Å². The first-order valence-electron chi connectivity index (χ1n) is 5.70. The third-order valence-electron chi connectivity index (χ3n) is 2.61. The molecule has 0 unspecified atom stereocenters. The Morgan fingerprint density at radius 1 is 1.37 bits per heavy atom. The molecule has 0 saturated heterocycles. The van der Waals surface area contributed by atoms with Crippen molar-refractivity contribution in [3.8, 4) is 11.8 Å². The Bertz CT molecular complexity index is 622. The molecule has 1 aromatic heterocycles. The molecule has 2 aromatic rings. The van der Waals surface area contributed by atoms with E-state index in [-0.39, 0.29) is 0 Å². The number of aromatic nitrogens is 1. The van der Waals surface area contributed by atoms with Crippen molar-refractivity contribution >= 4 is 11.6 Å². The fourth-order valence-corrected chi connectivity index (χ4v) is 1.90. The van der Waals surface area contributed by atoms with Crippen LogP contribution in [0.15, 0.2) is 36.5 Å². The number of pyridine rings is 1. The molecular formula is C14H12ClN3O. The molecule has 0 bridgehead atoms. The summed E-state index contributed by atoms with van der Waals surface area (Å²) < 4.78 is 5.69. The monoisotopic (exact) mass is 273 g/mol. The van der Waals surface area contributed by atoms with Crippen LogP contribution in [0.2, 0.25) is 5.02 Å². The minimum Gasteiger partial charge on any atom is -0.489 e. The SMILES string of the molecule is N#Cc1cc(COc2cccc(Cl)c2CN)ccn1. The molecule has 2 rings (SSSR count). The van der Waals surface area contributed by atoms with Gasteiger partial charge in [-0.2, -0.15) is 5.26 Å². The van der Waals surface area contributed by atoms with Crippen LogP contribution in [-0.4, -0.2) is 4.98 Å². The van der Waals surface area contributed by atoms with Crippen molar-refractivity contribution in [2.75, 3.05) is 0 Å². The average Bonchev–Trinajstić information content (AvgIpc) is 2.45. The maximum absolute atomic E-state index is 8.78. The average molecular weight is 274 g/mol. The lowest BCUT2D eigenvalue weighted by Gasteiger charge is -2.11. The van der Waals surface area contributed by atoms with Gasteiger partial charge in [0.1, 0.15) is 24.1 Å². The van der Waals surface area contributed by atoms with Crippen LogP contribution in [-0.2, 0) is 13.2 Å². The second kappa shape index (κ2) is 6.19. The van der Waals surface area contributed by atoms with Gasteiger partial charge in [-0.3, -0.25) is 0 Å². The third kappa shape index (κ3) is 3.22. The molecule has 5 heteroatoms. The summed E-state index contributed by atoms with van der Waals surface area (Å²) in [5.41, 5.74) is 7.66. The second-order valence-electron chi connectivity index (χ2n) is 3.87. The van der Waals surface area contributed by atoms with Gasteiger partial charge in [-0.05, 0) is 29.8 Å². The molecule has 19 heavy (non-hydrogen) atoms. The van der Waals surface area contributed by atoms with E-state index < -0.39 is 0 Å². The summed E-state index contributed by atoms with van der Waals surface area (Å²) in [6, 6.07) is 10.9. The van der Waals surface area contributed by atoms with Crippen LogP contribution in [0.4, 0.5) is 0 Å². The molecular weight excluding hydrogens is 262 g/mol. The molecule has 1 heterocycles. The van der Waals surface area contributed by atoms with E-state index in [0.29, 0.717) is 29.6 Å². The van der Waals surface area contributed by atoms with Gasteiger partial charge in [0.2, 0.25) is 0 Å². The van der Waals surface area contributed by atoms with Gasteiger partial charge in [0.15, 0.2) is 0 Å². The minimum absolute atomic E-state index is 0.314. The van der Waals surface area contributed by atoms with Gasteiger partial charge in [-0.25, -0.2) is 4.98 Å². The molecule has 0 aliphatic heterocycles. The Kier molecular flexibility index (Phi) is 4.35. The third-order valence-corrected chi connectivity index (χ3v) is 2.97. The Labute approximate surface area is 116 Å². The fraction of sp³-hybridized carbons (Fsp3) is 0.143. The van der Waals surface area contributed by atoms with Crippen molar-refractivity contribution in [3.05, 3.63) is 58.4 Å². The van der Waals surface area contributed by atoms with Crippen LogP contribution in [0.25, 0.3) is 0 Å². The molecule has 0 aliphatic rings. The van der Waals surface area contributed by atoms with E-state index in [4.69, 9.17) is 27.3 Å². The fourth-order valence-electron chi connectivity index (χ4n) is 1.66. The predicted octanol–water partition coefficient (Wildman–Crippen LogP) is 2.64. The number of rotatable bonds is 4. The Balaban J connectivity index is 2.15. The molecule has 0 saturated carbocycles. The summed E-state index contributed by atoms with van der Waals surface area (Å²) >= 11 is 6.05. The number of ether oxygens (including phenoxy) is 1. The zero-order valence-electron chi connectivity index (χ0n) is 10.1. The number of benzene rings is 1. The molecule has 0 amide bonds. The van der Waals surface area contributed by atoms with Gasteiger partial charge in [0.05, 0.1) is 0 Å². The smallest absolute Gasteiger partial charge is 0.140 e. The van der Waals surface area contributed by atoms with E-state index in [9.17, 15) is 0 Å². The summed E-state index contributed by atoms with van der Waals surface area (Å²) in [7, 11) is 0. The van der Waals surface area contributed by atoms with Crippen LogP contribution >= 0.6 is 11.6 Å². The van der Waals surface area contributed by atoms with Gasteiger partial charge in [-0.1, -0.05) is 17.7 Å². The highest BCUT2D eigenvalue weighted by Crippen LogP contribution is 2.26. The molecule has 2 N–H and O–H groups in total. The van der Waals surface area contributed by atoms with Crippen molar-refractivity contribution in [1.82, 2.24) is 4.98 Å². The van der Waals surface area contributed by atoms with Gasteiger partial charge < -0.3 is 10.5 Å². The minimum atomic E-state index is 0.314. The summed E-state index contributed by atoms with van der Waals surface area (Å²) in [5.74, 6) is 0.658. The first-order chi connectivity index (χ1) is 9.24. The van der Waals surface area contributed by atoms with E-state index in [2.05, 4.69) is 4.98 Å². The van der Waals surface area contributed by atoms with E-state index in [1.807, 2.05) is 18.2 Å². The van der Waals surface area contributed by atoms with Crippen molar-refractivity contribution in [2.45, 2.75) is 13.2 Å². The summed E-state index contributed by atoms with van der Waals surface area (Å²) in [6.45, 7) is 0.652. The van der Waals surface area contributed by atoms with Gasteiger partial charge in [0, 0.05) is 23.3 Å². The van der Waals surface area contributed by atoms with Gasteiger partial charge in [0.25, 0.3) is 0 Å². The zero-order valence-corrected chi connectivity index (χ0v) is 10.9. The Hall–Kier alpha value is -2.09. The highest BCUT2D eigenvalue weighted by Gasteiger charge is 2.07. The Morgan fingerprint density at radius 2 is 2.21 bits per heavy atom. The summed E-state index contributed by atoms with van der Waals surface area (Å²) in [6.07, 6.45) is 1.58. The number of nitriles is 1. The normalized spacial score (nSPS) is 9.95. The maximum atomic E-state index is 8.78. The number of nitrogens with zero attached hydrogens (tertiary/aromatic N) is 2. The topological polar surface area (TPSA) is 71.9 Å². The first kappa shape index (κ1) is 13.3. The zero-order chi connectivity index (χ0) is 13.7. The second-order valence-corrected chi connectivity index (χ2v) is 4.28. The van der Waals surface area contributed by atoms with Crippen LogP contribution in [0.5, 0.6) is 5.75 Å². The summed E-state index contributed by atoms with van der Waals surface area (Å²) in [5, 5.41) is 9.37. The van der Waals surface area contributed by atoms with Crippen LogP contribution in [0.1, 0.15) is 16.8 Å². The largest absolute Gasteiger partial charge is 0.489 e. The first-order valence-corrected chi connectivity index (χ1v) is 6.07. The number of hydrogen-bond acceptors (Lipinski definition) is 4. The van der Waals surface area contributed by atoms with E-state index >= 15 is 0 Å². The molecule has 96 valence electrons. The lowest BCUT2D eigenvalue weighted by atomic mass is 10.2. The lowest BCUT2D eigenvalue weighted by molar-refractivity contribution is 0.303. The molecule has 4 nitrogen and oxygen atoms in total. The standard InChI is InChI=1S/C14H12ClN3O/c15-13-2-1-3-14(12(13)8-17)19-9-10-4-5-18-11(6-10)7-16/h1-6H,8-9,17H2. The lowest BCUT2D eigenvalue weighted by Crippen LogP contribution is -2.03. The maximum Gasteiger partial charge on any atom is 0.140 e. The van der Waals surface area contributed by atoms with Gasteiger partial charge >= 0.3 is 0 Å². The van der Waals surface area contributed by atoms with Crippen molar-refractivity contribution in [2.24, 2.45) is 5.73 Å². The number of halogens is 1. The number of nitrogens with two attached hydrogens (primary N) is 1. The van der Waals surface area contributed by atoms with Crippen molar-refractivity contribution in [3.63, 3.8) is 0 Å². The van der Waals surface area contributed by atoms with Crippen LogP contribution < -0.4 is 10.5 Å². The van der Waals surface area contributed by atoms with E-state index in [0.717, 1.165) is 11.1 Å². The molecule has 0 aliphatic carbocycles. The Morgan fingerprint density at radius 3 is 2.95 bits per heavy atom. The highest BCUT2D eigenvalue weighted by atomic mass is 35.5. The molecule has 0 spiro atoms. The van der Waals surface area contributed by atoms with Crippen LogP contribution in [0.3, 0.4) is 0 Å². The number of hydrogen-bond donors (Lipinski definition) is 1.